The van der Waals surface area contributed by atoms with Crippen LogP contribution in [0, 0.1) is 13.8 Å². The molecule has 1 aromatic carbocycles. The lowest BCUT2D eigenvalue weighted by atomic mass is 10.1. The van der Waals surface area contributed by atoms with Crippen molar-refractivity contribution in [2.24, 2.45) is 0 Å². The van der Waals surface area contributed by atoms with Crippen LogP contribution in [0.5, 0.6) is 0 Å². The zero-order valence-electron chi connectivity index (χ0n) is 19.2. The summed E-state index contributed by atoms with van der Waals surface area (Å²) in [5, 5.41) is 2.52. The van der Waals surface area contributed by atoms with Crippen LogP contribution in [0.1, 0.15) is 39.0 Å². The molecule has 0 unspecified atom stereocenters. The van der Waals surface area contributed by atoms with Crippen molar-refractivity contribution >= 4 is 33.6 Å². The molecule has 1 aliphatic rings. The number of carbonyl (C=O) groups is 3. The summed E-state index contributed by atoms with van der Waals surface area (Å²) in [7, 11) is -3.73. The first-order chi connectivity index (χ1) is 16.1. The zero-order chi connectivity index (χ0) is 24.9. The fourth-order valence-electron chi connectivity index (χ4n) is 3.53. The van der Waals surface area contributed by atoms with Crippen molar-refractivity contribution in [2.45, 2.75) is 25.7 Å². The Kier molecular flexibility index (Phi) is 8.07. The first-order valence-corrected chi connectivity index (χ1v) is 12.1. The maximum Gasteiger partial charge on any atom is 0.355 e. The Balaban J connectivity index is 1.63. The van der Waals surface area contributed by atoms with Gasteiger partial charge >= 0.3 is 11.9 Å². The number of esters is 2. The number of amides is 1. The zero-order valence-corrected chi connectivity index (χ0v) is 20.0. The third-order valence-corrected chi connectivity index (χ3v) is 7.08. The highest BCUT2D eigenvalue weighted by Crippen LogP contribution is 2.21. The summed E-state index contributed by atoms with van der Waals surface area (Å²) in [6.07, 6.45) is 0. The van der Waals surface area contributed by atoms with Gasteiger partial charge in [-0.3, -0.25) is 4.79 Å². The largest absolute Gasteiger partial charge is 0.462 e. The number of anilines is 1. The van der Waals surface area contributed by atoms with Gasteiger partial charge in [0.1, 0.15) is 5.69 Å². The van der Waals surface area contributed by atoms with E-state index in [1.165, 1.54) is 28.6 Å². The molecule has 3 rings (SSSR count). The second-order valence-corrected chi connectivity index (χ2v) is 9.45. The predicted octanol–water partition coefficient (Wildman–Crippen LogP) is 1.62. The van der Waals surface area contributed by atoms with Crippen LogP contribution in [0.15, 0.2) is 29.2 Å². The van der Waals surface area contributed by atoms with Gasteiger partial charge in [0.15, 0.2) is 6.61 Å². The Hall–Kier alpha value is -3.22. The number of aromatic amines is 1. The monoisotopic (exact) mass is 493 g/mol. The summed E-state index contributed by atoms with van der Waals surface area (Å²) in [6, 6.07) is 5.83. The van der Waals surface area contributed by atoms with Crippen molar-refractivity contribution in [3.63, 3.8) is 0 Å². The molecule has 0 saturated carbocycles. The van der Waals surface area contributed by atoms with E-state index in [1.807, 2.05) is 0 Å². The maximum atomic E-state index is 12.8. The highest BCUT2D eigenvalue weighted by atomic mass is 32.2. The lowest BCUT2D eigenvalue weighted by Crippen LogP contribution is -2.40. The maximum absolute atomic E-state index is 12.8. The summed E-state index contributed by atoms with van der Waals surface area (Å²) in [5.74, 6) is -2.02. The molecule has 0 atom stereocenters. The molecule has 1 saturated heterocycles. The van der Waals surface area contributed by atoms with Crippen LogP contribution in [0.4, 0.5) is 5.69 Å². The van der Waals surface area contributed by atoms with Gasteiger partial charge in [-0.1, -0.05) is 6.07 Å². The lowest BCUT2D eigenvalue weighted by molar-refractivity contribution is -0.119. The van der Waals surface area contributed by atoms with Crippen LogP contribution >= 0.6 is 0 Å². The van der Waals surface area contributed by atoms with Crippen LogP contribution in [0.2, 0.25) is 0 Å². The number of hydrogen-bond donors (Lipinski definition) is 2. The molecule has 0 aliphatic carbocycles. The third kappa shape index (κ3) is 5.64. The van der Waals surface area contributed by atoms with Crippen molar-refractivity contribution in [3.8, 4) is 0 Å². The fraction of sp³-hybridized carbons (Fsp3) is 0.409. The Morgan fingerprint density at radius 3 is 2.50 bits per heavy atom. The van der Waals surface area contributed by atoms with E-state index in [-0.39, 0.29) is 41.5 Å². The molecule has 1 aliphatic heterocycles. The van der Waals surface area contributed by atoms with Crippen molar-refractivity contribution < 1.29 is 37.0 Å². The van der Waals surface area contributed by atoms with Crippen LogP contribution < -0.4 is 5.32 Å². The first kappa shape index (κ1) is 25.4. The minimum absolute atomic E-state index is 0.0353. The number of sulfonamides is 1. The summed E-state index contributed by atoms with van der Waals surface area (Å²) in [5.41, 5.74) is 1.35. The number of nitrogens with one attached hydrogen (secondary N) is 2. The number of carbonyl (C=O) groups excluding carboxylic acids is 3. The molecule has 34 heavy (non-hydrogen) atoms. The Morgan fingerprint density at radius 1 is 1.12 bits per heavy atom. The number of ether oxygens (including phenoxy) is 3. The number of benzene rings is 1. The van der Waals surface area contributed by atoms with Crippen molar-refractivity contribution in [2.75, 3.05) is 44.8 Å². The molecule has 0 spiro atoms. The highest BCUT2D eigenvalue weighted by molar-refractivity contribution is 7.89. The number of aromatic nitrogens is 1. The standard InChI is InChI=1S/C22H27N3O8S/c1-4-32-21(27)19-14(2)20(23-15(19)3)22(28)33-13-18(26)24-16-6-5-7-17(12-16)34(29,30)25-8-10-31-11-9-25/h5-7,12,23H,4,8-11,13H2,1-3H3,(H,24,26). The van der Waals surface area contributed by atoms with E-state index in [2.05, 4.69) is 10.3 Å². The normalized spacial score (nSPS) is 14.4. The molecule has 12 heteroatoms. The number of H-pyrrole nitrogens is 1. The molecular weight excluding hydrogens is 466 g/mol. The number of rotatable bonds is 8. The smallest absolute Gasteiger partial charge is 0.355 e. The van der Waals surface area contributed by atoms with E-state index >= 15 is 0 Å². The Bertz CT molecular complexity index is 1180. The number of nitrogens with zero attached hydrogens (tertiary/aromatic N) is 1. The van der Waals surface area contributed by atoms with Gasteiger partial charge in [0.05, 0.1) is 30.3 Å². The van der Waals surface area contributed by atoms with Gasteiger partial charge in [-0.25, -0.2) is 18.0 Å². The van der Waals surface area contributed by atoms with Gasteiger partial charge in [-0.05, 0) is 44.5 Å². The van der Waals surface area contributed by atoms with Crippen LogP contribution in [-0.4, -0.2) is 75.1 Å². The van der Waals surface area contributed by atoms with E-state index in [0.29, 0.717) is 24.5 Å². The van der Waals surface area contributed by atoms with Gasteiger partial charge in [-0.15, -0.1) is 0 Å². The van der Waals surface area contributed by atoms with Crippen LogP contribution in [0.3, 0.4) is 0 Å². The first-order valence-electron chi connectivity index (χ1n) is 10.7. The molecule has 0 radical (unpaired) electrons. The Morgan fingerprint density at radius 2 is 1.82 bits per heavy atom. The Labute approximate surface area is 197 Å². The molecule has 1 amide bonds. The quantitative estimate of drug-likeness (QED) is 0.528. The number of morpholine rings is 1. The summed E-state index contributed by atoms with van der Waals surface area (Å²) >= 11 is 0. The molecule has 184 valence electrons. The molecular formula is C22H27N3O8S. The molecule has 1 fully saturated rings. The molecule has 2 N–H and O–H groups in total. The highest BCUT2D eigenvalue weighted by Gasteiger charge is 2.27. The average Bonchev–Trinajstić information content (AvgIpc) is 3.12. The van der Waals surface area contributed by atoms with Crippen molar-refractivity contribution in [3.05, 3.63) is 46.8 Å². The minimum Gasteiger partial charge on any atom is -0.462 e. The molecule has 0 bridgehead atoms. The van der Waals surface area contributed by atoms with E-state index < -0.39 is 34.5 Å². The number of hydrogen-bond acceptors (Lipinski definition) is 8. The summed E-state index contributed by atoms with van der Waals surface area (Å²) in [6.45, 7) is 5.62. The third-order valence-electron chi connectivity index (χ3n) is 5.18. The van der Waals surface area contributed by atoms with Gasteiger partial charge in [0.25, 0.3) is 5.91 Å². The second kappa shape index (κ2) is 10.8. The van der Waals surface area contributed by atoms with Crippen LogP contribution in [-0.2, 0) is 29.0 Å². The number of aryl methyl sites for hydroxylation is 1. The van der Waals surface area contributed by atoms with Gasteiger partial charge in [0.2, 0.25) is 10.0 Å². The van der Waals surface area contributed by atoms with Gasteiger partial charge in [0, 0.05) is 24.5 Å². The molecule has 1 aromatic heterocycles. The minimum atomic E-state index is -3.73. The topological polar surface area (TPSA) is 144 Å². The van der Waals surface area contributed by atoms with Gasteiger partial charge < -0.3 is 24.5 Å². The predicted molar refractivity (Wildman–Crippen MR) is 121 cm³/mol. The van der Waals surface area contributed by atoms with Gasteiger partial charge in [-0.2, -0.15) is 4.31 Å². The molecule has 11 nitrogen and oxygen atoms in total. The van der Waals surface area contributed by atoms with E-state index in [9.17, 15) is 22.8 Å². The van der Waals surface area contributed by atoms with E-state index in [1.54, 1.807) is 20.8 Å². The molecule has 2 heterocycles. The van der Waals surface area contributed by atoms with Crippen molar-refractivity contribution in [1.29, 1.82) is 0 Å². The van der Waals surface area contributed by atoms with E-state index in [0.717, 1.165) is 0 Å². The van der Waals surface area contributed by atoms with Crippen molar-refractivity contribution in [1.82, 2.24) is 9.29 Å². The second-order valence-electron chi connectivity index (χ2n) is 7.51. The van der Waals surface area contributed by atoms with Crippen LogP contribution in [0.25, 0.3) is 0 Å². The van der Waals surface area contributed by atoms with E-state index in [4.69, 9.17) is 14.2 Å². The summed E-state index contributed by atoms with van der Waals surface area (Å²) in [4.78, 5) is 39.7. The molecule has 2 aromatic rings. The SMILES string of the molecule is CCOC(=O)c1c(C)[nH]c(C(=O)OCC(=O)Nc2cccc(S(=O)(=O)N3CCOCC3)c2)c1C. The summed E-state index contributed by atoms with van der Waals surface area (Å²) < 4.78 is 42.2. The fourth-order valence-corrected chi connectivity index (χ4v) is 4.99. The lowest BCUT2D eigenvalue weighted by Gasteiger charge is -2.26. The average molecular weight is 494 g/mol.